The van der Waals surface area contributed by atoms with Crippen molar-refractivity contribution in [3.8, 4) is 11.3 Å². The number of carbonyl (C=O) groups is 1. The van der Waals surface area contributed by atoms with E-state index in [0.29, 0.717) is 16.3 Å². The summed E-state index contributed by atoms with van der Waals surface area (Å²) in [5.74, 6) is 1.15. The van der Waals surface area contributed by atoms with Gasteiger partial charge in [0.1, 0.15) is 15.8 Å². The topological polar surface area (TPSA) is 93.8 Å². The molecule has 152 valence electrons. The molecule has 30 heavy (non-hydrogen) atoms. The number of pyridine rings is 2. The van der Waals surface area contributed by atoms with Gasteiger partial charge in [0, 0.05) is 41.4 Å². The van der Waals surface area contributed by atoms with Crippen LogP contribution in [0.3, 0.4) is 0 Å². The van der Waals surface area contributed by atoms with E-state index in [0.717, 1.165) is 27.7 Å². The Labute approximate surface area is 182 Å². The van der Waals surface area contributed by atoms with Gasteiger partial charge in [0.15, 0.2) is 0 Å². The summed E-state index contributed by atoms with van der Waals surface area (Å²) >= 11 is 2.97. The lowest BCUT2D eigenvalue weighted by atomic mass is 10.2. The van der Waals surface area contributed by atoms with Gasteiger partial charge in [-0.3, -0.25) is 9.78 Å². The summed E-state index contributed by atoms with van der Waals surface area (Å²) in [7, 11) is 0. The molecule has 0 bridgehead atoms. The molecule has 0 aliphatic carbocycles. The molecule has 4 aromatic heterocycles. The van der Waals surface area contributed by atoms with Gasteiger partial charge in [-0.25, -0.2) is 9.97 Å². The van der Waals surface area contributed by atoms with Crippen molar-refractivity contribution in [3.63, 3.8) is 0 Å². The van der Waals surface area contributed by atoms with Crippen LogP contribution in [-0.2, 0) is 5.75 Å². The molecule has 1 amide bonds. The minimum Gasteiger partial charge on any atom is -0.361 e. The number of nitrogens with one attached hydrogen (secondary N) is 1. The van der Waals surface area contributed by atoms with Crippen molar-refractivity contribution in [3.05, 3.63) is 76.3 Å². The molecular weight excluding hydrogens is 418 g/mol. The van der Waals surface area contributed by atoms with Crippen LogP contribution in [0.15, 0.2) is 63.9 Å². The van der Waals surface area contributed by atoms with Gasteiger partial charge in [-0.05, 0) is 38.1 Å². The molecule has 4 rings (SSSR count). The maximum absolute atomic E-state index is 12.9. The van der Waals surface area contributed by atoms with Crippen molar-refractivity contribution in [2.45, 2.75) is 30.7 Å². The van der Waals surface area contributed by atoms with E-state index < -0.39 is 0 Å². The second-order valence-corrected chi connectivity index (χ2v) is 8.43. The SMILES string of the molecule is Cc1cc(CSc2ncccc2C(=O)NC(C)c2nc(-c3ccncc3)cs2)no1. The van der Waals surface area contributed by atoms with Crippen LogP contribution in [0.4, 0.5) is 0 Å². The molecule has 0 saturated carbocycles. The quantitative estimate of drug-likeness (QED) is 0.420. The first-order valence-corrected chi connectivity index (χ1v) is 11.1. The van der Waals surface area contributed by atoms with Gasteiger partial charge >= 0.3 is 0 Å². The van der Waals surface area contributed by atoms with E-state index in [9.17, 15) is 4.79 Å². The summed E-state index contributed by atoms with van der Waals surface area (Å²) in [6.45, 7) is 3.77. The molecule has 1 unspecified atom stereocenters. The van der Waals surface area contributed by atoms with Gasteiger partial charge in [0.25, 0.3) is 5.91 Å². The van der Waals surface area contributed by atoms with Gasteiger partial charge in [-0.2, -0.15) is 0 Å². The number of thiazole rings is 1. The fraction of sp³-hybridized carbons (Fsp3) is 0.190. The summed E-state index contributed by atoms with van der Waals surface area (Å²) in [5.41, 5.74) is 3.22. The van der Waals surface area contributed by atoms with E-state index in [-0.39, 0.29) is 11.9 Å². The molecule has 0 fully saturated rings. The maximum Gasteiger partial charge on any atom is 0.254 e. The van der Waals surface area contributed by atoms with Crippen LogP contribution in [0.2, 0.25) is 0 Å². The molecule has 9 heteroatoms. The Kier molecular flexibility index (Phi) is 6.20. The van der Waals surface area contributed by atoms with Crippen molar-refractivity contribution < 1.29 is 9.32 Å². The van der Waals surface area contributed by atoms with Crippen LogP contribution < -0.4 is 5.32 Å². The van der Waals surface area contributed by atoms with E-state index in [1.165, 1.54) is 23.1 Å². The van der Waals surface area contributed by atoms with E-state index in [1.54, 1.807) is 30.7 Å². The highest BCUT2D eigenvalue weighted by atomic mass is 32.2. The minimum atomic E-state index is -0.227. The van der Waals surface area contributed by atoms with Crippen molar-refractivity contribution in [1.82, 2.24) is 25.4 Å². The number of aryl methyl sites for hydroxylation is 1. The summed E-state index contributed by atoms with van der Waals surface area (Å²) in [6, 6.07) is 9.01. The Morgan fingerprint density at radius 2 is 2.10 bits per heavy atom. The van der Waals surface area contributed by atoms with Crippen molar-refractivity contribution >= 4 is 29.0 Å². The molecule has 0 radical (unpaired) electrons. The number of carbonyl (C=O) groups excluding carboxylic acids is 1. The highest BCUT2D eigenvalue weighted by Crippen LogP contribution is 2.27. The van der Waals surface area contributed by atoms with Crippen molar-refractivity contribution in [1.29, 1.82) is 0 Å². The van der Waals surface area contributed by atoms with Gasteiger partial charge in [-0.1, -0.05) is 16.9 Å². The zero-order valence-electron chi connectivity index (χ0n) is 16.4. The molecule has 0 saturated heterocycles. The molecule has 0 aromatic carbocycles. The standard InChI is InChI=1S/C21H19N5O2S2/c1-13-10-16(26-28-13)11-29-21-17(4-3-7-23-21)19(27)24-14(2)20-25-18(12-30-20)15-5-8-22-9-6-15/h3-10,12,14H,11H2,1-2H3,(H,24,27). The summed E-state index contributed by atoms with van der Waals surface area (Å²) in [4.78, 5) is 26.0. The lowest BCUT2D eigenvalue weighted by Gasteiger charge is -2.13. The van der Waals surface area contributed by atoms with Crippen molar-refractivity contribution in [2.75, 3.05) is 0 Å². The number of rotatable bonds is 7. The second kappa shape index (κ2) is 9.19. The van der Waals surface area contributed by atoms with E-state index in [4.69, 9.17) is 4.52 Å². The van der Waals surface area contributed by atoms with Gasteiger partial charge < -0.3 is 9.84 Å². The summed E-state index contributed by atoms with van der Waals surface area (Å²) in [5, 5.41) is 10.5. The summed E-state index contributed by atoms with van der Waals surface area (Å²) in [6.07, 6.45) is 5.15. The van der Waals surface area contributed by atoms with Crippen LogP contribution in [0.1, 0.15) is 39.8 Å². The Morgan fingerprint density at radius 3 is 2.87 bits per heavy atom. The summed E-state index contributed by atoms with van der Waals surface area (Å²) < 4.78 is 5.09. The average molecular weight is 438 g/mol. The van der Waals surface area contributed by atoms with Gasteiger partial charge in [-0.15, -0.1) is 11.3 Å². The second-order valence-electron chi connectivity index (χ2n) is 6.58. The molecule has 0 aliphatic rings. The maximum atomic E-state index is 12.9. The molecule has 1 N–H and O–H groups in total. The predicted molar refractivity (Wildman–Crippen MR) is 116 cm³/mol. The lowest BCUT2D eigenvalue weighted by molar-refractivity contribution is 0.0936. The van der Waals surface area contributed by atoms with Gasteiger partial charge in [0.2, 0.25) is 0 Å². The number of hydrogen-bond acceptors (Lipinski definition) is 8. The molecule has 0 spiro atoms. The zero-order chi connectivity index (χ0) is 20.9. The lowest BCUT2D eigenvalue weighted by Crippen LogP contribution is -2.27. The van der Waals surface area contributed by atoms with Crippen LogP contribution in [-0.4, -0.2) is 26.0 Å². The fourth-order valence-corrected chi connectivity index (χ4v) is 4.49. The first-order chi connectivity index (χ1) is 14.6. The number of hydrogen-bond donors (Lipinski definition) is 1. The normalized spacial score (nSPS) is 11.9. The molecular formula is C21H19N5O2S2. The molecule has 1 atom stereocenters. The monoisotopic (exact) mass is 437 g/mol. The third-order valence-corrected chi connectivity index (χ3v) is 6.33. The number of thioether (sulfide) groups is 1. The van der Waals surface area contributed by atoms with Crippen LogP contribution in [0.5, 0.6) is 0 Å². The largest absolute Gasteiger partial charge is 0.361 e. The van der Waals surface area contributed by atoms with Crippen LogP contribution >= 0.6 is 23.1 Å². The smallest absolute Gasteiger partial charge is 0.254 e. The van der Waals surface area contributed by atoms with Gasteiger partial charge in [0.05, 0.1) is 23.0 Å². The number of aromatic nitrogens is 4. The van der Waals surface area contributed by atoms with E-state index in [1.807, 2.05) is 37.4 Å². The first-order valence-electron chi connectivity index (χ1n) is 9.27. The molecule has 4 aromatic rings. The first kappa shape index (κ1) is 20.2. The third-order valence-electron chi connectivity index (χ3n) is 4.27. The Hall–Kier alpha value is -3.04. The van der Waals surface area contributed by atoms with E-state index >= 15 is 0 Å². The fourth-order valence-electron chi connectivity index (χ4n) is 2.78. The molecule has 4 heterocycles. The van der Waals surface area contributed by atoms with Crippen LogP contribution in [0, 0.1) is 6.92 Å². The minimum absolute atomic E-state index is 0.185. The zero-order valence-corrected chi connectivity index (χ0v) is 18.0. The Balaban J connectivity index is 1.44. The number of nitrogens with zero attached hydrogens (tertiary/aromatic N) is 4. The predicted octanol–water partition coefficient (Wildman–Crippen LogP) is 4.68. The number of amides is 1. The Bertz CT molecular complexity index is 1140. The van der Waals surface area contributed by atoms with Crippen LogP contribution in [0.25, 0.3) is 11.3 Å². The highest BCUT2D eigenvalue weighted by molar-refractivity contribution is 7.98. The third kappa shape index (κ3) is 4.74. The molecule has 7 nitrogen and oxygen atoms in total. The average Bonchev–Trinajstić information content (AvgIpc) is 3.42. The van der Waals surface area contributed by atoms with Crippen molar-refractivity contribution in [2.24, 2.45) is 0 Å². The van der Waals surface area contributed by atoms with E-state index in [2.05, 4.69) is 25.4 Å². The molecule has 0 aliphatic heterocycles. The Morgan fingerprint density at radius 1 is 1.27 bits per heavy atom. The highest BCUT2D eigenvalue weighted by Gasteiger charge is 2.18.